The van der Waals surface area contributed by atoms with Gasteiger partial charge in [-0.15, -0.1) is 0 Å². The first-order valence-electron chi connectivity index (χ1n) is 15.3. The monoisotopic (exact) mass is 637 g/mol. The Morgan fingerprint density at radius 3 is 2.39 bits per heavy atom. The fourth-order valence-electron chi connectivity index (χ4n) is 5.79. The fraction of sp³-hybridized carbons (Fsp3) is 0.250. The van der Waals surface area contributed by atoms with E-state index in [0.717, 1.165) is 47.8 Å². The molecule has 1 aromatic heterocycles. The van der Waals surface area contributed by atoms with Crippen molar-refractivity contribution in [1.29, 1.82) is 0 Å². The van der Waals surface area contributed by atoms with Crippen molar-refractivity contribution in [3.8, 4) is 17.0 Å². The second-order valence-electron chi connectivity index (χ2n) is 11.4. The van der Waals surface area contributed by atoms with E-state index < -0.39 is 28.5 Å². The van der Waals surface area contributed by atoms with E-state index in [4.69, 9.17) is 14.5 Å². The number of anilines is 1. The van der Waals surface area contributed by atoms with E-state index in [1.54, 1.807) is 38.3 Å². The smallest absolute Gasteiger partial charge is 0.339 e. The van der Waals surface area contributed by atoms with E-state index >= 15 is 0 Å². The highest BCUT2D eigenvalue weighted by atomic mass is 32.2. The van der Waals surface area contributed by atoms with Gasteiger partial charge in [0.25, 0.3) is 5.91 Å². The van der Waals surface area contributed by atoms with Crippen LogP contribution in [0.2, 0.25) is 0 Å². The molecule has 1 aliphatic heterocycles. The fourth-order valence-corrected chi connectivity index (χ4v) is 7.55. The van der Waals surface area contributed by atoms with Crippen LogP contribution >= 0.6 is 0 Å². The van der Waals surface area contributed by atoms with Crippen molar-refractivity contribution in [1.82, 2.24) is 9.29 Å². The van der Waals surface area contributed by atoms with E-state index in [1.165, 1.54) is 10.4 Å². The highest BCUT2D eigenvalue weighted by Gasteiger charge is 2.27. The quantitative estimate of drug-likeness (QED) is 0.188. The van der Waals surface area contributed by atoms with Crippen LogP contribution in [-0.4, -0.2) is 56.4 Å². The summed E-state index contributed by atoms with van der Waals surface area (Å²) in [6.07, 6.45) is 3.67. The predicted octanol–water partition coefficient (Wildman–Crippen LogP) is 6.73. The van der Waals surface area contributed by atoms with Gasteiger partial charge in [0, 0.05) is 29.7 Å². The van der Waals surface area contributed by atoms with Crippen LogP contribution < -0.4 is 10.1 Å². The summed E-state index contributed by atoms with van der Waals surface area (Å²) in [5.41, 5.74) is 3.21. The molecule has 1 N–H and O–H groups in total. The molecule has 0 unspecified atom stereocenters. The van der Waals surface area contributed by atoms with Crippen molar-refractivity contribution in [3.63, 3.8) is 0 Å². The number of amides is 1. The lowest BCUT2D eigenvalue weighted by atomic mass is 10.0. The molecule has 1 aliphatic rings. The number of hydrogen-bond acceptors (Lipinski definition) is 7. The SMILES string of the molecule is COc1ccc2cc(-c3cc(C(=O)OCC(=O)Nc4ccc(C)c(S(=O)(=O)N5CCCCCC5)c4)c4ccccc4n3)ccc2c1. The van der Waals surface area contributed by atoms with Crippen molar-refractivity contribution in [3.05, 3.63) is 96.1 Å². The van der Waals surface area contributed by atoms with Gasteiger partial charge in [0.05, 0.1) is 28.8 Å². The molecular formula is C36H35N3O6S. The first-order valence-corrected chi connectivity index (χ1v) is 16.7. The van der Waals surface area contributed by atoms with E-state index in [1.807, 2.05) is 54.6 Å². The molecule has 0 spiro atoms. The molecule has 0 bridgehead atoms. The summed E-state index contributed by atoms with van der Waals surface area (Å²) in [4.78, 5) is 31.2. The van der Waals surface area contributed by atoms with Gasteiger partial charge >= 0.3 is 5.97 Å². The number of benzene rings is 4. The van der Waals surface area contributed by atoms with Gasteiger partial charge in [-0.3, -0.25) is 4.79 Å². The molecule has 1 fully saturated rings. The number of para-hydroxylation sites is 1. The zero-order chi connectivity index (χ0) is 32.3. The number of pyridine rings is 1. The van der Waals surface area contributed by atoms with Crippen LogP contribution in [0.4, 0.5) is 5.69 Å². The van der Waals surface area contributed by atoms with Gasteiger partial charge < -0.3 is 14.8 Å². The Morgan fingerprint density at radius 2 is 1.61 bits per heavy atom. The van der Waals surface area contributed by atoms with Crippen LogP contribution in [0.1, 0.15) is 41.6 Å². The Hall–Kier alpha value is -4.80. The number of nitrogens with one attached hydrogen (secondary N) is 1. The van der Waals surface area contributed by atoms with Crippen LogP contribution in [0, 0.1) is 6.92 Å². The van der Waals surface area contributed by atoms with Gasteiger partial charge in [-0.25, -0.2) is 18.2 Å². The van der Waals surface area contributed by atoms with Crippen molar-refractivity contribution < 1.29 is 27.5 Å². The number of rotatable bonds is 8. The number of methoxy groups -OCH3 is 1. The third-order valence-electron chi connectivity index (χ3n) is 8.27. The molecule has 1 saturated heterocycles. The summed E-state index contributed by atoms with van der Waals surface area (Å²) in [6.45, 7) is 2.15. The standard InChI is InChI=1S/C36H35N3O6S/c1-24-11-15-28(21-34(24)46(42,43)39-17-7-3-4-8-18-39)37-35(40)23-45-36(41)31-22-33(38-32-10-6-5-9-30(31)32)27-13-12-26-20-29(44-2)16-14-25(26)19-27/h5-6,9-16,19-22H,3-4,7-8,17-18,23H2,1-2H3,(H,37,40). The summed E-state index contributed by atoms with van der Waals surface area (Å²) in [5, 5.41) is 5.29. The van der Waals surface area contributed by atoms with E-state index in [2.05, 4.69) is 5.32 Å². The van der Waals surface area contributed by atoms with Gasteiger partial charge in [0.1, 0.15) is 5.75 Å². The third-order valence-corrected chi connectivity index (χ3v) is 10.3. The molecule has 0 atom stereocenters. The number of aryl methyl sites for hydroxylation is 1. The molecule has 2 heterocycles. The van der Waals surface area contributed by atoms with E-state index in [0.29, 0.717) is 40.9 Å². The average Bonchev–Trinajstić information content (AvgIpc) is 3.37. The lowest BCUT2D eigenvalue weighted by Crippen LogP contribution is -2.32. The highest BCUT2D eigenvalue weighted by molar-refractivity contribution is 7.89. The van der Waals surface area contributed by atoms with Crippen molar-refractivity contribution >= 4 is 49.3 Å². The molecule has 1 amide bonds. The predicted molar refractivity (Wildman–Crippen MR) is 179 cm³/mol. The maximum absolute atomic E-state index is 13.4. The topological polar surface area (TPSA) is 115 Å². The second kappa shape index (κ2) is 13.3. The van der Waals surface area contributed by atoms with E-state index in [-0.39, 0.29) is 10.5 Å². The van der Waals surface area contributed by atoms with Crippen molar-refractivity contribution in [2.45, 2.75) is 37.5 Å². The average molecular weight is 638 g/mol. The van der Waals surface area contributed by atoms with Gasteiger partial charge in [0.15, 0.2) is 6.61 Å². The number of aromatic nitrogens is 1. The molecule has 0 aliphatic carbocycles. The molecule has 0 saturated carbocycles. The van der Waals surface area contributed by atoms with Crippen molar-refractivity contribution in [2.75, 3.05) is 32.1 Å². The summed E-state index contributed by atoms with van der Waals surface area (Å²) in [6, 6.07) is 25.4. The maximum Gasteiger partial charge on any atom is 0.339 e. The largest absolute Gasteiger partial charge is 0.497 e. The number of carbonyl (C=O) groups is 2. The summed E-state index contributed by atoms with van der Waals surface area (Å²) in [7, 11) is -2.09. The first-order chi connectivity index (χ1) is 22.2. The zero-order valence-corrected chi connectivity index (χ0v) is 26.6. The van der Waals surface area contributed by atoms with E-state index in [9.17, 15) is 18.0 Å². The molecule has 46 heavy (non-hydrogen) atoms. The summed E-state index contributed by atoms with van der Waals surface area (Å²) >= 11 is 0. The minimum absolute atomic E-state index is 0.160. The Kier molecular flexibility index (Phi) is 9.01. The van der Waals surface area contributed by atoms with Crippen LogP contribution in [0.15, 0.2) is 89.8 Å². The normalized spacial score (nSPS) is 14.1. The summed E-state index contributed by atoms with van der Waals surface area (Å²) < 4.78 is 39.2. The highest BCUT2D eigenvalue weighted by Crippen LogP contribution is 2.30. The number of hydrogen-bond donors (Lipinski definition) is 1. The minimum Gasteiger partial charge on any atom is -0.497 e. The lowest BCUT2D eigenvalue weighted by molar-refractivity contribution is -0.119. The molecule has 10 heteroatoms. The molecule has 4 aromatic carbocycles. The van der Waals surface area contributed by atoms with Crippen LogP contribution in [0.5, 0.6) is 5.75 Å². The first kappa shape index (κ1) is 31.2. The lowest BCUT2D eigenvalue weighted by Gasteiger charge is -2.21. The Labute approximate surface area is 268 Å². The maximum atomic E-state index is 13.4. The Balaban J connectivity index is 1.20. The van der Waals surface area contributed by atoms with Gasteiger partial charge in [-0.1, -0.05) is 55.3 Å². The zero-order valence-electron chi connectivity index (χ0n) is 25.8. The number of esters is 1. The van der Waals surface area contributed by atoms with Gasteiger partial charge in [0.2, 0.25) is 10.0 Å². The molecule has 9 nitrogen and oxygen atoms in total. The number of fused-ring (bicyclic) bond motifs is 2. The van der Waals surface area contributed by atoms with Crippen LogP contribution in [0.3, 0.4) is 0 Å². The molecule has 236 valence electrons. The molecule has 6 rings (SSSR count). The molecule has 0 radical (unpaired) electrons. The molecular weight excluding hydrogens is 602 g/mol. The summed E-state index contributed by atoms with van der Waals surface area (Å²) in [5.74, 6) is -0.494. The van der Waals surface area contributed by atoms with Crippen LogP contribution in [0.25, 0.3) is 32.9 Å². The number of sulfonamides is 1. The van der Waals surface area contributed by atoms with Crippen LogP contribution in [-0.2, 0) is 19.6 Å². The third kappa shape index (κ3) is 6.59. The Morgan fingerprint density at radius 1 is 0.870 bits per heavy atom. The number of carbonyl (C=O) groups excluding carboxylic acids is 2. The number of nitrogens with zero attached hydrogens (tertiary/aromatic N) is 2. The van der Waals surface area contributed by atoms with Gasteiger partial charge in [-0.05, 0) is 78.6 Å². The van der Waals surface area contributed by atoms with Crippen molar-refractivity contribution in [2.24, 2.45) is 0 Å². The minimum atomic E-state index is -3.71. The molecule has 5 aromatic rings. The second-order valence-corrected chi connectivity index (χ2v) is 13.3. The van der Waals surface area contributed by atoms with Gasteiger partial charge in [-0.2, -0.15) is 4.31 Å². The number of ether oxygens (including phenoxy) is 2. The Bertz CT molecular complexity index is 2050.